The molecule has 1 aromatic carbocycles. The van der Waals surface area contributed by atoms with Crippen molar-refractivity contribution in [2.45, 2.75) is 43.4 Å². The molecular formula is C16H25N3O4S. The molecule has 0 amide bonds. The lowest BCUT2D eigenvalue weighted by Gasteiger charge is -2.22. The second kappa shape index (κ2) is 9.10. The minimum atomic E-state index is -3.59. The van der Waals surface area contributed by atoms with Crippen LogP contribution in [0.4, 0.5) is 5.69 Å². The second-order valence-corrected chi connectivity index (χ2v) is 7.96. The minimum Gasteiger partial charge on any atom is -0.317 e. The summed E-state index contributed by atoms with van der Waals surface area (Å²) in [5.41, 5.74) is -0.119. The van der Waals surface area contributed by atoms with Crippen molar-refractivity contribution in [2.24, 2.45) is 5.92 Å². The third kappa shape index (κ3) is 5.85. The third-order valence-corrected chi connectivity index (χ3v) is 5.87. The number of benzene rings is 1. The van der Waals surface area contributed by atoms with Gasteiger partial charge in [0.15, 0.2) is 0 Å². The van der Waals surface area contributed by atoms with Crippen LogP contribution in [0.5, 0.6) is 0 Å². The molecule has 134 valence electrons. The third-order valence-electron chi connectivity index (χ3n) is 4.40. The number of hydrogen-bond acceptors (Lipinski definition) is 5. The van der Waals surface area contributed by atoms with Gasteiger partial charge < -0.3 is 5.32 Å². The predicted octanol–water partition coefficient (Wildman–Crippen LogP) is 2.43. The largest absolute Gasteiger partial charge is 0.317 e. The highest BCUT2D eigenvalue weighted by Gasteiger charge is 2.15. The van der Waals surface area contributed by atoms with E-state index in [1.807, 2.05) is 0 Å². The molecule has 0 radical (unpaired) electrons. The number of nitro benzene ring substituents is 1. The second-order valence-electron chi connectivity index (χ2n) is 6.19. The molecule has 0 saturated carbocycles. The molecule has 1 aromatic rings. The van der Waals surface area contributed by atoms with Crippen LogP contribution >= 0.6 is 0 Å². The van der Waals surface area contributed by atoms with E-state index in [0.717, 1.165) is 38.3 Å². The Labute approximate surface area is 143 Å². The van der Waals surface area contributed by atoms with Crippen LogP contribution in [0.2, 0.25) is 0 Å². The molecule has 0 aromatic heterocycles. The van der Waals surface area contributed by atoms with Gasteiger partial charge in [-0.1, -0.05) is 19.3 Å². The lowest BCUT2D eigenvalue weighted by atomic mass is 9.92. The molecule has 0 aliphatic carbocycles. The van der Waals surface area contributed by atoms with Crippen molar-refractivity contribution in [3.63, 3.8) is 0 Å². The number of nitro groups is 1. The first-order chi connectivity index (χ1) is 11.5. The SMILES string of the molecule is O=[N+]([O-])c1ccc(S(=O)(=O)NCCCCCC2CCNCC2)cc1. The maximum absolute atomic E-state index is 12.1. The number of sulfonamides is 1. The van der Waals surface area contributed by atoms with E-state index in [2.05, 4.69) is 10.0 Å². The maximum Gasteiger partial charge on any atom is 0.269 e. The van der Waals surface area contributed by atoms with E-state index in [4.69, 9.17) is 0 Å². The Kier molecular flexibility index (Phi) is 7.14. The maximum atomic E-state index is 12.1. The fourth-order valence-corrected chi connectivity index (χ4v) is 4.02. The van der Waals surface area contributed by atoms with Crippen molar-refractivity contribution >= 4 is 15.7 Å². The van der Waals surface area contributed by atoms with Crippen LogP contribution in [0, 0.1) is 16.0 Å². The number of rotatable bonds is 9. The molecular weight excluding hydrogens is 330 g/mol. The Balaban J connectivity index is 1.67. The molecule has 2 rings (SSSR count). The van der Waals surface area contributed by atoms with E-state index in [0.29, 0.717) is 6.54 Å². The summed E-state index contributed by atoms with van der Waals surface area (Å²) in [7, 11) is -3.59. The number of hydrogen-bond donors (Lipinski definition) is 2. The normalized spacial score (nSPS) is 16.2. The lowest BCUT2D eigenvalue weighted by molar-refractivity contribution is -0.384. The van der Waals surface area contributed by atoms with Gasteiger partial charge in [0.1, 0.15) is 0 Å². The summed E-state index contributed by atoms with van der Waals surface area (Å²) in [6.07, 6.45) is 6.64. The predicted molar refractivity (Wildman–Crippen MR) is 92.3 cm³/mol. The fourth-order valence-electron chi connectivity index (χ4n) is 2.94. The van der Waals surface area contributed by atoms with Gasteiger partial charge in [-0.15, -0.1) is 0 Å². The molecule has 24 heavy (non-hydrogen) atoms. The van der Waals surface area contributed by atoms with Gasteiger partial charge in [0.2, 0.25) is 10.0 Å². The molecule has 0 spiro atoms. The summed E-state index contributed by atoms with van der Waals surface area (Å²) in [5.74, 6) is 0.808. The van der Waals surface area contributed by atoms with Crippen molar-refractivity contribution < 1.29 is 13.3 Å². The zero-order valence-electron chi connectivity index (χ0n) is 13.7. The van der Waals surface area contributed by atoms with Gasteiger partial charge in [0, 0.05) is 18.7 Å². The average molecular weight is 355 g/mol. The van der Waals surface area contributed by atoms with Crippen LogP contribution in [0.15, 0.2) is 29.2 Å². The highest BCUT2D eigenvalue weighted by atomic mass is 32.2. The van der Waals surface area contributed by atoms with Crippen LogP contribution in [0.25, 0.3) is 0 Å². The smallest absolute Gasteiger partial charge is 0.269 e. The first kappa shape index (κ1) is 18.8. The molecule has 1 heterocycles. The summed E-state index contributed by atoms with van der Waals surface area (Å²) in [5, 5.41) is 13.9. The highest BCUT2D eigenvalue weighted by Crippen LogP contribution is 2.19. The number of piperidine rings is 1. The Hall–Kier alpha value is -1.51. The van der Waals surface area contributed by atoms with Crippen LogP contribution in [-0.4, -0.2) is 33.0 Å². The van der Waals surface area contributed by atoms with Crippen LogP contribution in [0.1, 0.15) is 38.5 Å². The standard InChI is InChI=1S/C16H25N3O4S/c20-19(21)15-5-7-16(8-6-15)24(22,23)18-11-3-1-2-4-14-9-12-17-13-10-14/h5-8,14,17-18H,1-4,9-13H2. The van der Waals surface area contributed by atoms with Gasteiger partial charge in [-0.05, 0) is 50.4 Å². The molecule has 1 aliphatic heterocycles. The van der Waals surface area contributed by atoms with Gasteiger partial charge in [-0.2, -0.15) is 0 Å². The Morgan fingerprint density at radius 2 is 1.79 bits per heavy atom. The summed E-state index contributed by atoms with van der Waals surface area (Å²) >= 11 is 0. The quantitative estimate of drug-likeness (QED) is 0.402. The van der Waals surface area contributed by atoms with Gasteiger partial charge in [0.25, 0.3) is 5.69 Å². The first-order valence-corrected chi connectivity index (χ1v) is 9.92. The van der Waals surface area contributed by atoms with Crippen LogP contribution in [-0.2, 0) is 10.0 Å². The first-order valence-electron chi connectivity index (χ1n) is 8.44. The topological polar surface area (TPSA) is 101 Å². The van der Waals surface area contributed by atoms with Gasteiger partial charge in [-0.3, -0.25) is 10.1 Å². The Bertz CT molecular complexity index is 625. The molecule has 0 bridgehead atoms. The summed E-state index contributed by atoms with van der Waals surface area (Å²) < 4.78 is 26.8. The zero-order chi connectivity index (χ0) is 17.4. The molecule has 1 fully saturated rings. The van der Waals surface area contributed by atoms with E-state index in [1.54, 1.807) is 0 Å². The van der Waals surface area contributed by atoms with Gasteiger partial charge in [-0.25, -0.2) is 13.1 Å². The van der Waals surface area contributed by atoms with E-state index in [1.165, 1.54) is 43.5 Å². The van der Waals surface area contributed by atoms with Gasteiger partial charge in [0.05, 0.1) is 9.82 Å². The molecule has 2 N–H and O–H groups in total. The fraction of sp³-hybridized carbons (Fsp3) is 0.625. The van der Waals surface area contributed by atoms with Gasteiger partial charge >= 0.3 is 0 Å². The van der Waals surface area contributed by atoms with Crippen molar-refractivity contribution in [3.8, 4) is 0 Å². The molecule has 8 heteroatoms. The molecule has 1 aliphatic rings. The average Bonchev–Trinajstić information content (AvgIpc) is 2.59. The van der Waals surface area contributed by atoms with Crippen molar-refractivity contribution in [3.05, 3.63) is 34.4 Å². The van der Waals surface area contributed by atoms with Crippen molar-refractivity contribution in [1.29, 1.82) is 0 Å². The lowest BCUT2D eigenvalue weighted by Crippen LogP contribution is -2.27. The minimum absolute atomic E-state index is 0.0582. The van der Waals surface area contributed by atoms with E-state index >= 15 is 0 Å². The van der Waals surface area contributed by atoms with E-state index in [-0.39, 0.29) is 10.6 Å². The summed E-state index contributed by atoms with van der Waals surface area (Å²) in [4.78, 5) is 10.1. The zero-order valence-corrected chi connectivity index (χ0v) is 14.6. The van der Waals surface area contributed by atoms with Crippen LogP contribution in [0.3, 0.4) is 0 Å². The van der Waals surface area contributed by atoms with E-state index in [9.17, 15) is 18.5 Å². The summed E-state index contributed by atoms with van der Waals surface area (Å²) in [6, 6.07) is 4.93. The number of nitrogens with one attached hydrogen (secondary N) is 2. The molecule has 7 nitrogen and oxygen atoms in total. The number of nitrogens with zero attached hydrogens (tertiary/aromatic N) is 1. The monoisotopic (exact) mass is 355 g/mol. The number of non-ortho nitro benzene ring substituents is 1. The number of unbranched alkanes of at least 4 members (excludes halogenated alkanes) is 2. The molecule has 1 saturated heterocycles. The molecule has 0 atom stereocenters. The summed E-state index contributed by atoms with van der Waals surface area (Å²) in [6.45, 7) is 2.62. The van der Waals surface area contributed by atoms with Crippen LogP contribution < -0.4 is 10.0 Å². The Morgan fingerprint density at radius 1 is 1.12 bits per heavy atom. The van der Waals surface area contributed by atoms with Crippen molar-refractivity contribution in [1.82, 2.24) is 10.0 Å². The molecule has 0 unspecified atom stereocenters. The Morgan fingerprint density at radius 3 is 2.42 bits per heavy atom. The van der Waals surface area contributed by atoms with E-state index < -0.39 is 14.9 Å². The highest BCUT2D eigenvalue weighted by molar-refractivity contribution is 7.89. The van der Waals surface area contributed by atoms with Crippen molar-refractivity contribution in [2.75, 3.05) is 19.6 Å².